The van der Waals surface area contributed by atoms with Gasteiger partial charge in [0.2, 0.25) is 0 Å². The van der Waals surface area contributed by atoms with Crippen LogP contribution in [0.3, 0.4) is 0 Å². The topological polar surface area (TPSA) is 20.3 Å². The van der Waals surface area contributed by atoms with Crippen LogP contribution in [0.5, 0.6) is 0 Å². The van der Waals surface area contributed by atoms with Crippen molar-refractivity contribution in [1.82, 2.24) is 4.90 Å². The van der Waals surface area contributed by atoms with Gasteiger partial charge in [-0.05, 0) is 41.5 Å². The maximum absolute atomic E-state index is 12.6. The van der Waals surface area contributed by atoms with E-state index in [0.29, 0.717) is 21.5 Å². The molecule has 3 aromatic rings. The molecule has 2 nitrogen and oxygen atoms in total. The van der Waals surface area contributed by atoms with Crippen molar-refractivity contribution in [3.05, 3.63) is 81.1 Å². The van der Waals surface area contributed by atoms with E-state index < -0.39 is 0 Å². The molecule has 0 fully saturated rings. The Kier molecular flexibility index (Phi) is 5.24. The first kappa shape index (κ1) is 17.0. The number of hydrogen-bond donors (Lipinski definition) is 0. The summed E-state index contributed by atoms with van der Waals surface area (Å²) in [5.74, 6) is -0.0138. The lowest BCUT2D eigenvalue weighted by Crippen LogP contribution is -2.25. The van der Waals surface area contributed by atoms with E-state index in [1.807, 2.05) is 60.7 Å². The molecule has 1 aromatic heterocycles. The minimum absolute atomic E-state index is 0.0138. The second-order valence-electron chi connectivity index (χ2n) is 5.42. The zero-order valence-corrected chi connectivity index (χ0v) is 15.3. The normalized spacial score (nSPS) is 10.6. The van der Waals surface area contributed by atoms with Gasteiger partial charge < -0.3 is 4.90 Å². The third kappa shape index (κ3) is 3.81. The third-order valence-electron chi connectivity index (χ3n) is 3.66. The van der Waals surface area contributed by atoms with Crippen LogP contribution in [0.15, 0.2) is 60.7 Å². The van der Waals surface area contributed by atoms with Crippen LogP contribution in [0.4, 0.5) is 0 Å². The number of thiophene rings is 1. The Hall–Kier alpha value is -1.81. The molecule has 0 N–H and O–H groups in total. The molecule has 1 heterocycles. The second kappa shape index (κ2) is 7.39. The lowest BCUT2D eigenvalue weighted by atomic mass is 10.2. The molecule has 0 bridgehead atoms. The number of carbonyl (C=O) groups is 1. The molecule has 0 radical (unpaired) electrons. The van der Waals surface area contributed by atoms with Gasteiger partial charge in [-0.25, -0.2) is 0 Å². The number of hydrogen-bond acceptors (Lipinski definition) is 2. The molecular formula is C19H15Cl2NOS. The van der Waals surface area contributed by atoms with Crippen LogP contribution in [-0.2, 0) is 6.54 Å². The van der Waals surface area contributed by atoms with Gasteiger partial charge in [0, 0.05) is 28.5 Å². The fraction of sp³-hybridized carbons (Fsp3) is 0.105. The van der Waals surface area contributed by atoms with E-state index in [2.05, 4.69) is 0 Å². The molecule has 3 rings (SSSR count). The summed E-state index contributed by atoms with van der Waals surface area (Å²) in [5.41, 5.74) is 1.99. The lowest BCUT2D eigenvalue weighted by Gasteiger charge is -2.17. The first-order valence-electron chi connectivity index (χ1n) is 7.39. The molecule has 0 aliphatic carbocycles. The second-order valence-corrected chi connectivity index (χ2v) is 7.35. The molecule has 1 amide bonds. The minimum atomic E-state index is -0.0138. The summed E-state index contributed by atoms with van der Waals surface area (Å²) in [5, 5.41) is 1.37. The van der Waals surface area contributed by atoms with E-state index >= 15 is 0 Å². The van der Waals surface area contributed by atoms with Crippen LogP contribution >= 0.6 is 34.5 Å². The molecule has 0 aliphatic heterocycles. The third-order valence-corrected chi connectivity index (χ3v) is 5.40. The molecule has 0 unspecified atom stereocenters. The summed E-state index contributed by atoms with van der Waals surface area (Å²) in [6.45, 7) is 0.479. The van der Waals surface area contributed by atoms with Crippen molar-refractivity contribution in [1.29, 1.82) is 0 Å². The van der Waals surface area contributed by atoms with Crippen molar-refractivity contribution in [3.8, 4) is 10.4 Å². The SMILES string of the molecule is CN(Cc1ccccc1Cl)C(=O)c1ccc(-c2ccc(Cl)cc2)s1. The lowest BCUT2D eigenvalue weighted by molar-refractivity contribution is 0.0790. The van der Waals surface area contributed by atoms with Crippen molar-refractivity contribution in [3.63, 3.8) is 0 Å². The van der Waals surface area contributed by atoms with E-state index in [4.69, 9.17) is 23.2 Å². The predicted octanol–water partition coefficient (Wildman–Crippen LogP) is 5.99. The number of benzene rings is 2. The smallest absolute Gasteiger partial charge is 0.263 e. The summed E-state index contributed by atoms with van der Waals surface area (Å²) < 4.78 is 0. The van der Waals surface area contributed by atoms with Crippen LogP contribution in [0.2, 0.25) is 10.0 Å². The van der Waals surface area contributed by atoms with E-state index in [1.165, 1.54) is 11.3 Å². The van der Waals surface area contributed by atoms with Gasteiger partial charge in [-0.1, -0.05) is 53.5 Å². The number of rotatable bonds is 4. The predicted molar refractivity (Wildman–Crippen MR) is 102 cm³/mol. The molecule has 0 aliphatic rings. The summed E-state index contributed by atoms with van der Waals surface area (Å²) in [4.78, 5) is 16.1. The van der Waals surface area contributed by atoms with Crippen LogP contribution in [0.1, 0.15) is 15.2 Å². The van der Waals surface area contributed by atoms with Gasteiger partial charge in [0.25, 0.3) is 5.91 Å². The highest BCUT2D eigenvalue weighted by atomic mass is 35.5. The number of amides is 1. The number of nitrogens with zero attached hydrogens (tertiary/aromatic N) is 1. The van der Waals surface area contributed by atoms with Gasteiger partial charge in [-0.15, -0.1) is 11.3 Å². The van der Waals surface area contributed by atoms with E-state index in [0.717, 1.165) is 16.0 Å². The van der Waals surface area contributed by atoms with Crippen LogP contribution in [0, 0.1) is 0 Å². The maximum atomic E-state index is 12.6. The first-order chi connectivity index (χ1) is 11.5. The van der Waals surface area contributed by atoms with Crippen LogP contribution < -0.4 is 0 Å². The molecule has 5 heteroatoms. The van der Waals surface area contributed by atoms with E-state index in [-0.39, 0.29) is 5.91 Å². The van der Waals surface area contributed by atoms with Crippen molar-refractivity contribution >= 4 is 40.4 Å². The fourth-order valence-electron chi connectivity index (χ4n) is 2.36. The molecule has 0 spiro atoms. The Morgan fingerprint density at radius 2 is 1.71 bits per heavy atom. The highest BCUT2D eigenvalue weighted by Crippen LogP contribution is 2.30. The monoisotopic (exact) mass is 375 g/mol. The van der Waals surface area contributed by atoms with Gasteiger partial charge in [0.1, 0.15) is 0 Å². The molecule has 24 heavy (non-hydrogen) atoms. The highest BCUT2D eigenvalue weighted by molar-refractivity contribution is 7.17. The van der Waals surface area contributed by atoms with E-state index in [1.54, 1.807) is 11.9 Å². The van der Waals surface area contributed by atoms with Crippen LogP contribution in [-0.4, -0.2) is 17.9 Å². The van der Waals surface area contributed by atoms with Crippen molar-refractivity contribution in [2.45, 2.75) is 6.54 Å². The Labute approximate surface area is 155 Å². The van der Waals surface area contributed by atoms with Gasteiger partial charge in [-0.3, -0.25) is 4.79 Å². The standard InChI is InChI=1S/C19H15Cl2NOS/c1-22(12-14-4-2-3-5-16(14)21)19(23)18-11-10-17(24-18)13-6-8-15(20)9-7-13/h2-11H,12H2,1H3. The van der Waals surface area contributed by atoms with E-state index in [9.17, 15) is 4.79 Å². The molecule has 2 aromatic carbocycles. The summed E-state index contributed by atoms with van der Waals surface area (Å²) >= 11 is 13.6. The van der Waals surface area contributed by atoms with Gasteiger partial charge in [-0.2, -0.15) is 0 Å². The average molecular weight is 376 g/mol. The number of carbonyl (C=O) groups excluding carboxylic acids is 1. The van der Waals surface area contributed by atoms with Crippen molar-refractivity contribution in [2.24, 2.45) is 0 Å². The minimum Gasteiger partial charge on any atom is -0.337 e. The molecule has 0 saturated heterocycles. The largest absolute Gasteiger partial charge is 0.337 e. The molecular weight excluding hydrogens is 361 g/mol. The Balaban J connectivity index is 1.75. The van der Waals surface area contributed by atoms with Gasteiger partial charge in [0.15, 0.2) is 0 Å². The quantitative estimate of drug-likeness (QED) is 0.547. The van der Waals surface area contributed by atoms with Gasteiger partial charge >= 0.3 is 0 Å². The van der Waals surface area contributed by atoms with Crippen molar-refractivity contribution < 1.29 is 4.79 Å². The van der Waals surface area contributed by atoms with Crippen molar-refractivity contribution in [2.75, 3.05) is 7.05 Å². The maximum Gasteiger partial charge on any atom is 0.263 e. The Bertz CT molecular complexity index is 858. The first-order valence-corrected chi connectivity index (χ1v) is 8.96. The Morgan fingerprint density at radius 3 is 2.42 bits per heavy atom. The zero-order valence-electron chi connectivity index (χ0n) is 13.0. The summed E-state index contributed by atoms with van der Waals surface area (Å²) in [7, 11) is 1.79. The fourth-order valence-corrected chi connectivity index (χ4v) is 3.69. The summed E-state index contributed by atoms with van der Waals surface area (Å²) in [6, 6.07) is 19.0. The summed E-state index contributed by atoms with van der Waals surface area (Å²) in [6.07, 6.45) is 0. The molecule has 0 atom stereocenters. The average Bonchev–Trinajstić information content (AvgIpc) is 3.07. The molecule has 0 saturated carbocycles. The zero-order chi connectivity index (χ0) is 17.1. The highest BCUT2D eigenvalue weighted by Gasteiger charge is 2.16. The van der Waals surface area contributed by atoms with Gasteiger partial charge in [0.05, 0.1) is 4.88 Å². The molecule has 122 valence electrons. The Morgan fingerprint density at radius 1 is 1.00 bits per heavy atom. The number of halogens is 2. The van der Waals surface area contributed by atoms with Crippen LogP contribution in [0.25, 0.3) is 10.4 Å².